The van der Waals surface area contributed by atoms with Gasteiger partial charge in [-0.05, 0) is 44.0 Å². The maximum Gasteiger partial charge on any atom is 0.360 e. The molecule has 0 fully saturated rings. The van der Waals surface area contributed by atoms with Crippen LogP contribution in [0, 0.1) is 11.7 Å². The van der Waals surface area contributed by atoms with E-state index in [4.69, 9.17) is 4.74 Å². The van der Waals surface area contributed by atoms with Gasteiger partial charge in [-0.2, -0.15) is 9.78 Å². The lowest BCUT2D eigenvalue weighted by Gasteiger charge is -2.17. The average molecular weight is 403 g/mol. The maximum absolute atomic E-state index is 13.2. The Kier molecular flexibility index (Phi) is 8.06. The summed E-state index contributed by atoms with van der Waals surface area (Å²) < 4.78 is 19.2. The number of hydrogen-bond acceptors (Lipinski definition) is 5. The second kappa shape index (κ2) is 10.5. The van der Waals surface area contributed by atoms with Crippen LogP contribution in [0.25, 0.3) is 5.69 Å². The highest BCUT2D eigenvalue weighted by Crippen LogP contribution is 2.19. The third kappa shape index (κ3) is 5.73. The zero-order valence-corrected chi connectivity index (χ0v) is 16.9. The number of hydrogen-bond donors (Lipinski definition) is 1. The van der Waals surface area contributed by atoms with Gasteiger partial charge in [-0.3, -0.25) is 9.59 Å². The molecule has 1 heterocycles. The molecular formula is C21H26FN3O4. The Labute approximate surface area is 168 Å². The summed E-state index contributed by atoms with van der Waals surface area (Å²) in [5, 5.41) is 6.76. The summed E-state index contributed by atoms with van der Waals surface area (Å²) in [7, 11) is 0. The third-order valence-electron chi connectivity index (χ3n) is 4.37. The van der Waals surface area contributed by atoms with Gasteiger partial charge in [0.15, 0.2) is 5.69 Å². The number of nitrogens with one attached hydrogen (secondary N) is 1. The summed E-state index contributed by atoms with van der Waals surface area (Å²) in [6, 6.07) is 6.24. The second-order valence-corrected chi connectivity index (χ2v) is 6.62. The molecule has 0 bridgehead atoms. The van der Waals surface area contributed by atoms with Crippen molar-refractivity contribution in [2.75, 3.05) is 11.9 Å². The number of carbonyl (C=O) groups is 2. The molecule has 1 aromatic heterocycles. The Morgan fingerprint density at radius 1 is 1.14 bits per heavy atom. The summed E-state index contributed by atoms with van der Waals surface area (Å²) in [6.45, 7) is 5.74. The molecule has 8 heteroatoms. The highest BCUT2D eigenvalue weighted by atomic mass is 19.1. The lowest BCUT2D eigenvalue weighted by atomic mass is 9.97. The Morgan fingerprint density at radius 3 is 2.31 bits per heavy atom. The number of halogens is 1. The Morgan fingerprint density at radius 2 is 1.76 bits per heavy atom. The molecule has 0 aliphatic rings. The predicted octanol–water partition coefficient (Wildman–Crippen LogP) is 3.70. The van der Waals surface area contributed by atoms with Gasteiger partial charge >= 0.3 is 5.97 Å². The molecule has 1 aromatic carbocycles. The molecule has 2 aromatic rings. The molecule has 0 aliphatic heterocycles. The van der Waals surface area contributed by atoms with Crippen LogP contribution in [-0.4, -0.2) is 28.3 Å². The highest BCUT2D eigenvalue weighted by Gasteiger charge is 2.23. The number of esters is 1. The Balaban J connectivity index is 2.46. The van der Waals surface area contributed by atoms with Crippen molar-refractivity contribution in [1.29, 1.82) is 0 Å². The van der Waals surface area contributed by atoms with E-state index < -0.39 is 17.3 Å². The van der Waals surface area contributed by atoms with Crippen LogP contribution in [0.1, 0.15) is 56.9 Å². The van der Waals surface area contributed by atoms with E-state index >= 15 is 0 Å². The molecule has 0 unspecified atom stereocenters. The van der Waals surface area contributed by atoms with Gasteiger partial charge in [-0.25, -0.2) is 9.18 Å². The number of anilines is 1. The smallest absolute Gasteiger partial charge is 0.360 e. The fourth-order valence-corrected chi connectivity index (χ4v) is 3.01. The Bertz CT molecular complexity index is 903. The van der Waals surface area contributed by atoms with Crippen LogP contribution in [0.4, 0.5) is 10.1 Å². The number of nitrogens with zero attached hydrogens (tertiary/aromatic N) is 2. The average Bonchev–Trinajstić information content (AvgIpc) is 2.69. The molecule has 2 rings (SSSR count). The first kappa shape index (κ1) is 22.3. The standard InChI is InChI=1S/C21H26FN3O4/c1-4-7-14(8-5-2)20(27)23-17-13-18(26)25(16-11-9-15(22)10-12-16)24-19(17)21(28)29-6-3/h9-14H,4-8H2,1-3H3,(H,23,27). The van der Waals surface area contributed by atoms with E-state index in [0.717, 1.165) is 23.6 Å². The van der Waals surface area contributed by atoms with Crippen molar-refractivity contribution < 1.29 is 18.7 Å². The van der Waals surface area contributed by atoms with Crippen molar-refractivity contribution in [3.05, 3.63) is 52.2 Å². The van der Waals surface area contributed by atoms with E-state index in [0.29, 0.717) is 12.8 Å². The number of ether oxygens (including phenoxy) is 1. The van der Waals surface area contributed by atoms with Gasteiger partial charge in [-0.1, -0.05) is 26.7 Å². The fourth-order valence-electron chi connectivity index (χ4n) is 3.01. The minimum atomic E-state index is -0.763. The molecule has 29 heavy (non-hydrogen) atoms. The van der Waals surface area contributed by atoms with Gasteiger partial charge in [-0.15, -0.1) is 0 Å². The second-order valence-electron chi connectivity index (χ2n) is 6.62. The summed E-state index contributed by atoms with van der Waals surface area (Å²) in [5.74, 6) is -1.71. The monoisotopic (exact) mass is 403 g/mol. The quantitative estimate of drug-likeness (QED) is 0.645. The number of amides is 1. The first-order valence-electron chi connectivity index (χ1n) is 9.79. The maximum atomic E-state index is 13.2. The van der Waals surface area contributed by atoms with E-state index in [-0.39, 0.29) is 35.5 Å². The van der Waals surface area contributed by atoms with Gasteiger partial charge in [0.2, 0.25) is 5.91 Å². The van der Waals surface area contributed by atoms with E-state index in [9.17, 15) is 18.8 Å². The van der Waals surface area contributed by atoms with Crippen LogP contribution in [0.2, 0.25) is 0 Å². The number of carbonyl (C=O) groups excluding carboxylic acids is 2. The Hall–Kier alpha value is -3.03. The first-order valence-corrected chi connectivity index (χ1v) is 9.79. The third-order valence-corrected chi connectivity index (χ3v) is 4.37. The van der Waals surface area contributed by atoms with Crippen molar-refractivity contribution in [1.82, 2.24) is 9.78 Å². The van der Waals surface area contributed by atoms with Crippen molar-refractivity contribution in [3.63, 3.8) is 0 Å². The van der Waals surface area contributed by atoms with E-state index in [1.165, 1.54) is 24.3 Å². The van der Waals surface area contributed by atoms with Crippen LogP contribution in [0.15, 0.2) is 35.1 Å². The van der Waals surface area contributed by atoms with Crippen LogP contribution in [-0.2, 0) is 9.53 Å². The summed E-state index contributed by atoms with van der Waals surface area (Å²) >= 11 is 0. The van der Waals surface area contributed by atoms with Crippen molar-refractivity contribution in [2.45, 2.75) is 46.5 Å². The summed E-state index contributed by atoms with van der Waals surface area (Å²) in [5.41, 5.74) is -0.456. The molecular weight excluding hydrogens is 377 g/mol. The molecule has 156 valence electrons. The van der Waals surface area contributed by atoms with Gasteiger partial charge in [0.25, 0.3) is 5.56 Å². The van der Waals surface area contributed by atoms with Gasteiger partial charge in [0, 0.05) is 12.0 Å². The summed E-state index contributed by atoms with van der Waals surface area (Å²) in [4.78, 5) is 37.7. The molecule has 0 spiro atoms. The predicted molar refractivity (Wildman–Crippen MR) is 108 cm³/mol. The normalized spacial score (nSPS) is 10.8. The molecule has 0 radical (unpaired) electrons. The minimum Gasteiger partial charge on any atom is -0.461 e. The van der Waals surface area contributed by atoms with Gasteiger partial charge in [0.05, 0.1) is 18.0 Å². The van der Waals surface area contributed by atoms with Crippen LogP contribution in [0.3, 0.4) is 0 Å². The van der Waals surface area contributed by atoms with Gasteiger partial charge in [0.1, 0.15) is 5.82 Å². The molecule has 1 N–H and O–H groups in total. The molecule has 0 atom stereocenters. The molecule has 7 nitrogen and oxygen atoms in total. The van der Waals surface area contributed by atoms with Crippen LogP contribution in [0.5, 0.6) is 0 Å². The number of rotatable bonds is 9. The van der Waals surface area contributed by atoms with E-state index in [2.05, 4.69) is 10.4 Å². The van der Waals surface area contributed by atoms with E-state index in [1.807, 2.05) is 13.8 Å². The van der Waals surface area contributed by atoms with Crippen molar-refractivity contribution in [2.24, 2.45) is 5.92 Å². The minimum absolute atomic E-state index is 0.00835. The first-order chi connectivity index (χ1) is 13.9. The number of benzene rings is 1. The molecule has 0 aliphatic carbocycles. The SMILES string of the molecule is CCCC(CCC)C(=O)Nc1cc(=O)n(-c2ccc(F)cc2)nc1C(=O)OCC. The highest BCUT2D eigenvalue weighted by molar-refractivity contribution is 6.00. The lowest BCUT2D eigenvalue weighted by Crippen LogP contribution is -2.29. The molecule has 0 saturated carbocycles. The fraction of sp³-hybridized carbons (Fsp3) is 0.429. The summed E-state index contributed by atoms with van der Waals surface area (Å²) in [6.07, 6.45) is 3.09. The molecule has 0 saturated heterocycles. The zero-order chi connectivity index (χ0) is 21.4. The van der Waals surface area contributed by atoms with Crippen LogP contribution < -0.4 is 10.9 Å². The zero-order valence-electron chi connectivity index (χ0n) is 16.9. The lowest BCUT2D eigenvalue weighted by molar-refractivity contribution is -0.120. The largest absolute Gasteiger partial charge is 0.461 e. The van der Waals surface area contributed by atoms with Crippen LogP contribution >= 0.6 is 0 Å². The van der Waals surface area contributed by atoms with Crippen molar-refractivity contribution >= 4 is 17.6 Å². The number of aromatic nitrogens is 2. The molecule has 1 amide bonds. The van der Waals surface area contributed by atoms with Crippen molar-refractivity contribution in [3.8, 4) is 5.69 Å². The topological polar surface area (TPSA) is 90.3 Å². The van der Waals surface area contributed by atoms with E-state index in [1.54, 1.807) is 6.92 Å². The van der Waals surface area contributed by atoms with Gasteiger partial charge < -0.3 is 10.1 Å².